The Bertz CT molecular complexity index is 629. The van der Waals surface area contributed by atoms with Crippen LogP contribution in [0.3, 0.4) is 0 Å². The first-order chi connectivity index (χ1) is 9.08. The minimum atomic E-state index is -0.947. The van der Waals surface area contributed by atoms with Crippen molar-refractivity contribution in [2.24, 2.45) is 0 Å². The highest BCUT2D eigenvalue weighted by Crippen LogP contribution is 2.32. The number of nitrogens with one attached hydrogen (secondary N) is 1. The van der Waals surface area contributed by atoms with Crippen LogP contribution in [0.25, 0.3) is 10.2 Å². The zero-order chi connectivity index (χ0) is 13.8. The average Bonchev–Trinajstić information content (AvgIpc) is 2.81. The van der Waals surface area contributed by atoms with Crippen LogP contribution in [0.5, 0.6) is 0 Å². The van der Waals surface area contributed by atoms with Gasteiger partial charge >= 0.3 is 5.97 Å². The Morgan fingerprint density at radius 1 is 1.42 bits per heavy atom. The topological polar surface area (TPSA) is 79.3 Å². The van der Waals surface area contributed by atoms with E-state index in [1.165, 1.54) is 11.3 Å². The van der Waals surface area contributed by atoms with Crippen LogP contribution < -0.4 is 5.32 Å². The van der Waals surface area contributed by atoms with E-state index >= 15 is 0 Å². The minimum absolute atomic E-state index is 0.0587. The summed E-state index contributed by atoms with van der Waals surface area (Å²) >= 11 is 8.52. The summed E-state index contributed by atoms with van der Waals surface area (Å²) in [6.45, 7) is 0. The van der Waals surface area contributed by atoms with E-state index in [0.717, 1.165) is 16.5 Å². The molecule has 8 heteroatoms. The molecule has 2 aromatic rings. The number of carbonyl (C=O) groups excluding carboxylic acids is 1. The number of benzene rings is 1. The van der Waals surface area contributed by atoms with Gasteiger partial charge in [-0.2, -0.15) is 0 Å². The molecule has 0 aliphatic rings. The number of thioether (sulfide) groups is 1. The fourth-order valence-corrected chi connectivity index (χ4v) is 2.85. The van der Waals surface area contributed by atoms with E-state index in [0.29, 0.717) is 16.2 Å². The van der Waals surface area contributed by atoms with Crippen LogP contribution in [0.1, 0.15) is 0 Å². The molecular formula is C11H9ClN2O3S2. The molecule has 1 aromatic heterocycles. The third-order valence-corrected chi connectivity index (χ3v) is 4.20. The molecule has 100 valence electrons. The second kappa shape index (κ2) is 6.23. The van der Waals surface area contributed by atoms with Gasteiger partial charge in [0.15, 0.2) is 0 Å². The van der Waals surface area contributed by atoms with Crippen molar-refractivity contribution in [2.75, 3.05) is 16.8 Å². The van der Waals surface area contributed by atoms with E-state index in [4.69, 9.17) is 16.7 Å². The van der Waals surface area contributed by atoms with Crippen LogP contribution in [-0.4, -0.2) is 33.5 Å². The third-order valence-electron chi connectivity index (χ3n) is 2.17. The van der Waals surface area contributed by atoms with Crippen LogP contribution in [0, 0.1) is 0 Å². The van der Waals surface area contributed by atoms with Gasteiger partial charge in [-0.25, -0.2) is 4.98 Å². The lowest BCUT2D eigenvalue weighted by Gasteiger charge is -2.07. The van der Waals surface area contributed by atoms with Gasteiger partial charge in [0.2, 0.25) is 5.91 Å². The fourth-order valence-electron chi connectivity index (χ4n) is 1.43. The first kappa shape index (κ1) is 14.1. The summed E-state index contributed by atoms with van der Waals surface area (Å²) in [4.78, 5) is 26.2. The Labute approximate surface area is 122 Å². The summed E-state index contributed by atoms with van der Waals surface area (Å²) < 4.78 is 0.929. The summed E-state index contributed by atoms with van der Waals surface area (Å²) in [5, 5.41) is 11.6. The number of carboxylic acid groups (broad SMARTS) is 1. The maximum Gasteiger partial charge on any atom is 0.313 e. The van der Waals surface area contributed by atoms with Crippen molar-refractivity contribution in [3.8, 4) is 0 Å². The Hall–Kier alpha value is -1.31. The maximum absolute atomic E-state index is 11.7. The second-order valence-electron chi connectivity index (χ2n) is 3.56. The summed E-state index contributed by atoms with van der Waals surface area (Å²) in [6.07, 6.45) is 0. The second-order valence-corrected chi connectivity index (χ2v) is 5.84. The summed E-state index contributed by atoms with van der Waals surface area (Å²) in [5.41, 5.74) is 2.80. The van der Waals surface area contributed by atoms with E-state index in [2.05, 4.69) is 10.3 Å². The summed E-state index contributed by atoms with van der Waals surface area (Å²) in [5.74, 6) is -1.29. The van der Waals surface area contributed by atoms with Gasteiger partial charge in [0.05, 0.1) is 32.4 Å². The number of aromatic nitrogens is 1. The molecule has 0 aliphatic heterocycles. The number of carboxylic acids is 1. The number of anilines is 1. The third kappa shape index (κ3) is 3.59. The van der Waals surface area contributed by atoms with Crippen molar-refractivity contribution in [1.82, 2.24) is 4.98 Å². The molecule has 19 heavy (non-hydrogen) atoms. The largest absolute Gasteiger partial charge is 0.481 e. The van der Waals surface area contributed by atoms with Crippen molar-refractivity contribution < 1.29 is 14.7 Å². The molecule has 1 aromatic carbocycles. The predicted molar refractivity (Wildman–Crippen MR) is 78.2 cm³/mol. The Morgan fingerprint density at radius 2 is 2.21 bits per heavy atom. The molecular weight excluding hydrogens is 308 g/mol. The zero-order valence-corrected chi connectivity index (χ0v) is 11.9. The Kier molecular flexibility index (Phi) is 4.62. The highest BCUT2D eigenvalue weighted by Gasteiger charge is 2.12. The summed E-state index contributed by atoms with van der Waals surface area (Å²) in [7, 11) is 0. The standard InChI is InChI=1S/C11H9ClN2O3S2/c12-6-1-2-7-11(13-5-19-7)10(6)14-8(15)3-18-4-9(16)17/h1-2,5H,3-4H2,(H,14,15)(H,16,17). The molecule has 0 saturated carbocycles. The average molecular weight is 317 g/mol. The number of hydrogen-bond acceptors (Lipinski definition) is 5. The molecule has 5 nitrogen and oxygen atoms in total. The van der Waals surface area contributed by atoms with E-state index in [1.807, 2.05) is 6.07 Å². The van der Waals surface area contributed by atoms with E-state index < -0.39 is 5.97 Å². The van der Waals surface area contributed by atoms with Crippen LogP contribution in [0.2, 0.25) is 5.02 Å². The molecule has 0 saturated heterocycles. The molecule has 0 aliphatic carbocycles. The monoisotopic (exact) mass is 316 g/mol. The van der Waals surface area contributed by atoms with Gasteiger partial charge in [0.25, 0.3) is 0 Å². The Morgan fingerprint density at radius 3 is 2.95 bits per heavy atom. The molecule has 1 heterocycles. The SMILES string of the molecule is O=C(O)CSCC(=O)Nc1c(Cl)ccc2scnc12. The number of fused-ring (bicyclic) bond motifs is 1. The lowest BCUT2D eigenvalue weighted by atomic mass is 10.3. The highest BCUT2D eigenvalue weighted by molar-refractivity contribution is 8.00. The van der Waals surface area contributed by atoms with Gasteiger partial charge in [-0.05, 0) is 12.1 Å². The lowest BCUT2D eigenvalue weighted by molar-refractivity contribution is -0.133. The Balaban J connectivity index is 2.08. The van der Waals surface area contributed by atoms with Gasteiger partial charge in [-0.15, -0.1) is 23.1 Å². The minimum Gasteiger partial charge on any atom is -0.481 e. The van der Waals surface area contributed by atoms with Gasteiger partial charge in [0.1, 0.15) is 5.52 Å². The number of nitrogens with zero attached hydrogens (tertiary/aromatic N) is 1. The predicted octanol–water partition coefficient (Wildman–Crippen LogP) is 2.71. The van der Waals surface area contributed by atoms with Crippen LogP contribution in [0.15, 0.2) is 17.6 Å². The molecule has 2 rings (SSSR count). The van der Waals surface area contributed by atoms with Gasteiger partial charge in [-0.3, -0.25) is 9.59 Å². The first-order valence-electron chi connectivity index (χ1n) is 5.19. The number of thiazole rings is 1. The molecule has 0 atom stereocenters. The smallest absolute Gasteiger partial charge is 0.313 e. The van der Waals surface area contributed by atoms with Crippen molar-refractivity contribution >= 4 is 62.5 Å². The van der Waals surface area contributed by atoms with E-state index in [-0.39, 0.29) is 17.4 Å². The van der Waals surface area contributed by atoms with Gasteiger partial charge in [0, 0.05) is 0 Å². The first-order valence-corrected chi connectivity index (χ1v) is 7.60. The van der Waals surface area contributed by atoms with Crippen molar-refractivity contribution in [2.45, 2.75) is 0 Å². The van der Waals surface area contributed by atoms with E-state index in [9.17, 15) is 9.59 Å². The number of amides is 1. The quantitative estimate of drug-likeness (QED) is 0.886. The molecule has 1 amide bonds. The molecule has 0 bridgehead atoms. The van der Waals surface area contributed by atoms with Crippen LogP contribution in [0.4, 0.5) is 5.69 Å². The molecule has 0 unspecified atom stereocenters. The van der Waals surface area contributed by atoms with E-state index in [1.54, 1.807) is 11.6 Å². The zero-order valence-electron chi connectivity index (χ0n) is 9.55. The summed E-state index contributed by atoms with van der Waals surface area (Å²) in [6, 6.07) is 3.53. The normalized spacial score (nSPS) is 10.6. The van der Waals surface area contributed by atoms with Crippen molar-refractivity contribution in [1.29, 1.82) is 0 Å². The number of rotatable bonds is 5. The highest BCUT2D eigenvalue weighted by atomic mass is 35.5. The molecule has 0 spiro atoms. The fraction of sp³-hybridized carbons (Fsp3) is 0.182. The van der Waals surface area contributed by atoms with Gasteiger partial charge in [-0.1, -0.05) is 11.6 Å². The number of halogens is 1. The lowest BCUT2D eigenvalue weighted by Crippen LogP contribution is -2.16. The number of carbonyl (C=O) groups is 2. The number of hydrogen-bond donors (Lipinski definition) is 2. The van der Waals surface area contributed by atoms with Crippen LogP contribution >= 0.6 is 34.7 Å². The maximum atomic E-state index is 11.7. The molecule has 0 radical (unpaired) electrons. The number of aliphatic carboxylic acids is 1. The molecule has 0 fully saturated rings. The van der Waals surface area contributed by atoms with Crippen molar-refractivity contribution in [3.05, 3.63) is 22.7 Å². The van der Waals surface area contributed by atoms with Crippen molar-refractivity contribution in [3.63, 3.8) is 0 Å². The van der Waals surface area contributed by atoms with Crippen LogP contribution in [-0.2, 0) is 9.59 Å². The molecule has 2 N–H and O–H groups in total. The van der Waals surface area contributed by atoms with Gasteiger partial charge < -0.3 is 10.4 Å².